The van der Waals surface area contributed by atoms with E-state index in [4.69, 9.17) is 0 Å². The number of benzene rings is 1. The maximum absolute atomic E-state index is 13.6. The van der Waals surface area contributed by atoms with Gasteiger partial charge in [-0.3, -0.25) is 9.67 Å². The minimum absolute atomic E-state index is 0.0972. The largest absolute Gasteiger partial charge is 0.409 e. The molecule has 152 valence electrons. The van der Waals surface area contributed by atoms with Crippen molar-refractivity contribution in [2.24, 2.45) is 7.05 Å². The Morgan fingerprint density at radius 1 is 1.24 bits per heavy atom. The molecular formula is C20H18BrF3N4S. The number of hydrogen-bond donors (Lipinski definition) is 1. The molecule has 2 atom stereocenters. The van der Waals surface area contributed by atoms with Gasteiger partial charge in [0.25, 0.3) is 0 Å². The van der Waals surface area contributed by atoms with Crippen molar-refractivity contribution in [1.82, 2.24) is 14.8 Å². The molecule has 2 aromatic heterocycles. The van der Waals surface area contributed by atoms with Crippen LogP contribution in [-0.2, 0) is 7.05 Å². The lowest BCUT2D eigenvalue weighted by molar-refractivity contribution is -0.137. The Morgan fingerprint density at radius 2 is 2.03 bits per heavy atom. The Balaban J connectivity index is 1.93. The van der Waals surface area contributed by atoms with E-state index in [1.165, 1.54) is 16.4 Å². The molecule has 1 aromatic carbocycles. The normalized spacial score (nSPS) is 19.4. The van der Waals surface area contributed by atoms with E-state index in [1.807, 2.05) is 37.3 Å². The van der Waals surface area contributed by atoms with Crippen molar-refractivity contribution in [3.63, 3.8) is 0 Å². The van der Waals surface area contributed by atoms with Gasteiger partial charge in [-0.15, -0.1) is 11.8 Å². The van der Waals surface area contributed by atoms with E-state index in [1.54, 1.807) is 19.3 Å². The van der Waals surface area contributed by atoms with Crippen LogP contribution in [0.3, 0.4) is 0 Å². The molecule has 0 bridgehead atoms. The van der Waals surface area contributed by atoms with Gasteiger partial charge in [-0.2, -0.15) is 18.3 Å². The molecule has 1 aliphatic heterocycles. The second kappa shape index (κ2) is 7.68. The fourth-order valence-electron chi connectivity index (χ4n) is 3.49. The number of anilines is 1. The van der Waals surface area contributed by atoms with Crippen molar-refractivity contribution in [3.05, 3.63) is 63.8 Å². The number of fused-ring (bicyclic) bond motifs is 1. The van der Waals surface area contributed by atoms with Crippen molar-refractivity contribution in [3.8, 4) is 11.4 Å². The molecule has 4 rings (SSSR count). The van der Waals surface area contributed by atoms with Gasteiger partial charge in [-0.1, -0.05) is 28.1 Å². The molecule has 0 amide bonds. The SMILES string of the molecule is Cc1cc(Br)ccc1C1SCC(C(F)(F)F)Nc2c1c(-c1ccccn1)nn2C. The number of alkyl halides is 3. The number of pyridine rings is 1. The highest BCUT2D eigenvalue weighted by molar-refractivity contribution is 9.10. The highest BCUT2D eigenvalue weighted by atomic mass is 79.9. The van der Waals surface area contributed by atoms with Crippen molar-refractivity contribution in [2.45, 2.75) is 24.4 Å². The van der Waals surface area contributed by atoms with Gasteiger partial charge in [0.2, 0.25) is 0 Å². The molecule has 0 saturated carbocycles. The van der Waals surface area contributed by atoms with Crippen molar-refractivity contribution >= 4 is 33.5 Å². The maximum Gasteiger partial charge on any atom is 0.409 e. The molecule has 9 heteroatoms. The topological polar surface area (TPSA) is 42.7 Å². The van der Waals surface area contributed by atoms with E-state index < -0.39 is 12.2 Å². The Morgan fingerprint density at radius 3 is 2.69 bits per heavy atom. The molecule has 0 aliphatic carbocycles. The lowest BCUT2D eigenvalue weighted by atomic mass is 9.98. The van der Waals surface area contributed by atoms with Crippen LogP contribution in [0, 0.1) is 6.92 Å². The molecule has 2 unspecified atom stereocenters. The van der Waals surface area contributed by atoms with E-state index in [0.29, 0.717) is 17.2 Å². The first-order valence-electron chi connectivity index (χ1n) is 8.95. The first-order chi connectivity index (χ1) is 13.8. The first-order valence-corrected chi connectivity index (χ1v) is 10.8. The first kappa shape index (κ1) is 20.3. The number of aryl methyl sites for hydroxylation is 2. The standard InChI is InChI=1S/C20H18BrF3N4S/c1-11-9-12(21)6-7-13(11)18-16-17(14-5-3-4-8-25-14)27-28(2)19(16)26-15(10-29-18)20(22,23)24/h3-9,15,18,26H,10H2,1-2H3. The summed E-state index contributed by atoms with van der Waals surface area (Å²) in [6, 6.07) is 9.67. The number of aromatic nitrogens is 3. The third-order valence-corrected chi connectivity index (χ3v) is 6.75. The zero-order valence-electron chi connectivity index (χ0n) is 15.7. The van der Waals surface area contributed by atoms with Crippen LogP contribution in [0.4, 0.5) is 19.0 Å². The average molecular weight is 483 g/mol. The molecule has 1 aliphatic rings. The van der Waals surface area contributed by atoms with E-state index in [0.717, 1.165) is 21.2 Å². The van der Waals surface area contributed by atoms with Gasteiger partial charge in [-0.25, -0.2) is 0 Å². The molecule has 3 aromatic rings. The van der Waals surface area contributed by atoms with Crippen LogP contribution >= 0.6 is 27.7 Å². The van der Waals surface area contributed by atoms with Gasteiger partial charge >= 0.3 is 6.18 Å². The summed E-state index contributed by atoms with van der Waals surface area (Å²) in [6.07, 6.45) is -2.70. The monoisotopic (exact) mass is 482 g/mol. The predicted molar refractivity (Wildman–Crippen MR) is 113 cm³/mol. The fraction of sp³-hybridized carbons (Fsp3) is 0.300. The van der Waals surface area contributed by atoms with Crippen LogP contribution in [-0.4, -0.2) is 32.7 Å². The van der Waals surface area contributed by atoms with Gasteiger partial charge in [0, 0.05) is 29.0 Å². The quantitative estimate of drug-likeness (QED) is 0.506. The average Bonchev–Trinajstić information content (AvgIpc) is 2.85. The van der Waals surface area contributed by atoms with E-state index in [-0.39, 0.29) is 11.0 Å². The summed E-state index contributed by atoms with van der Waals surface area (Å²) in [6.45, 7) is 1.97. The number of hydrogen-bond acceptors (Lipinski definition) is 4. The third-order valence-electron chi connectivity index (χ3n) is 4.90. The molecule has 3 heterocycles. The minimum Gasteiger partial charge on any atom is -0.358 e. The molecule has 0 radical (unpaired) electrons. The van der Waals surface area contributed by atoms with Crippen LogP contribution < -0.4 is 5.32 Å². The Hall–Kier alpha value is -2.00. The Labute approximate surface area is 179 Å². The van der Waals surface area contributed by atoms with Crippen molar-refractivity contribution in [1.29, 1.82) is 0 Å². The molecule has 0 spiro atoms. The molecule has 4 nitrogen and oxygen atoms in total. The zero-order chi connectivity index (χ0) is 20.8. The molecule has 0 fully saturated rings. The molecule has 1 N–H and O–H groups in total. The Kier molecular flexibility index (Phi) is 5.37. The van der Waals surface area contributed by atoms with Gasteiger partial charge in [-0.05, 0) is 42.3 Å². The summed E-state index contributed by atoms with van der Waals surface area (Å²) in [5, 5.41) is 6.95. The van der Waals surface area contributed by atoms with Crippen LogP contribution in [0.5, 0.6) is 0 Å². The molecule has 29 heavy (non-hydrogen) atoms. The van der Waals surface area contributed by atoms with Crippen LogP contribution in [0.1, 0.15) is 21.9 Å². The highest BCUT2D eigenvalue weighted by Crippen LogP contribution is 2.48. The maximum atomic E-state index is 13.6. The smallest absolute Gasteiger partial charge is 0.358 e. The van der Waals surface area contributed by atoms with Crippen LogP contribution in [0.2, 0.25) is 0 Å². The van der Waals surface area contributed by atoms with E-state index in [9.17, 15) is 13.2 Å². The van der Waals surface area contributed by atoms with Gasteiger partial charge in [0.15, 0.2) is 0 Å². The van der Waals surface area contributed by atoms with E-state index in [2.05, 4.69) is 31.3 Å². The summed E-state index contributed by atoms with van der Waals surface area (Å²) < 4.78 is 43.3. The van der Waals surface area contributed by atoms with Gasteiger partial charge in [0.1, 0.15) is 17.6 Å². The predicted octanol–water partition coefficient (Wildman–Crippen LogP) is 5.73. The lowest BCUT2D eigenvalue weighted by Crippen LogP contribution is -2.38. The molecular weight excluding hydrogens is 465 g/mol. The summed E-state index contributed by atoms with van der Waals surface area (Å²) in [5.74, 6) is 0.283. The minimum atomic E-state index is -4.36. The second-order valence-corrected chi connectivity index (χ2v) is 8.96. The summed E-state index contributed by atoms with van der Waals surface area (Å²) in [4.78, 5) is 4.39. The third kappa shape index (κ3) is 3.90. The highest BCUT2D eigenvalue weighted by Gasteiger charge is 2.44. The lowest BCUT2D eigenvalue weighted by Gasteiger charge is -2.20. The van der Waals surface area contributed by atoms with Crippen molar-refractivity contribution < 1.29 is 13.2 Å². The van der Waals surface area contributed by atoms with E-state index >= 15 is 0 Å². The number of nitrogens with zero attached hydrogens (tertiary/aromatic N) is 3. The summed E-state index contributed by atoms with van der Waals surface area (Å²) >= 11 is 4.74. The summed E-state index contributed by atoms with van der Waals surface area (Å²) in [7, 11) is 1.66. The van der Waals surface area contributed by atoms with Crippen molar-refractivity contribution in [2.75, 3.05) is 11.1 Å². The number of halogens is 4. The number of rotatable bonds is 2. The number of nitrogens with one attached hydrogen (secondary N) is 1. The zero-order valence-corrected chi connectivity index (χ0v) is 18.1. The fourth-order valence-corrected chi connectivity index (χ4v) is 5.46. The Bertz CT molecular complexity index is 1040. The number of thioether (sulfide) groups is 1. The van der Waals surface area contributed by atoms with Crippen LogP contribution in [0.25, 0.3) is 11.4 Å². The molecule has 0 saturated heterocycles. The van der Waals surface area contributed by atoms with Gasteiger partial charge < -0.3 is 5.32 Å². The second-order valence-electron chi connectivity index (χ2n) is 6.90. The summed E-state index contributed by atoms with van der Waals surface area (Å²) in [5.41, 5.74) is 3.93. The van der Waals surface area contributed by atoms with Crippen LogP contribution in [0.15, 0.2) is 47.1 Å². The van der Waals surface area contributed by atoms with Gasteiger partial charge in [0.05, 0.1) is 10.9 Å².